The Morgan fingerprint density at radius 1 is 0.938 bits per heavy atom. The molecule has 0 aliphatic heterocycles. The van der Waals surface area contributed by atoms with Crippen molar-refractivity contribution in [1.29, 1.82) is 0 Å². The molecule has 0 bridgehead atoms. The molecule has 6 rings (SSSR count). The van der Waals surface area contributed by atoms with Crippen molar-refractivity contribution in [2.75, 3.05) is 0 Å². The first-order chi connectivity index (χ1) is 15.6. The highest BCUT2D eigenvalue weighted by atomic mass is 15.1. The van der Waals surface area contributed by atoms with E-state index in [1.54, 1.807) is 0 Å². The Hall–Kier alpha value is -2.94. The Labute approximate surface area is 189 Å². The predicted octanol–water partition coefficient (Wildman–Crippen LogP) is 7.10. The van der Waals surface area contributed by atoms with E-state index < -0.39 is 0 Å². The summed E-state index contributed by atoms with van der Waals surface area (Å²) >= 11 is 0. The molecule has 0 unspecified atom stereocenters. The van der Waals surface area contributed by atoms with Gasteiger partial charge < -0.3 is 0 Å². The van der Waals surface area contributed by atoms with E-state index in [1.165, 1.54) is 87.4 Å². The Morgan fingerprint density at radius 2 is 1.69 bits per heavy atom. The normalized spacial score (nSPS) is 15.7. The monoisotopic (exact) mass is 422 g/mol. The standard InChI is InChI=1S/C29H32N3/c1-18(2)22-17-19(3)26-28(30-22)27-21(20-11-6-5-7-12-20)13-10-16-25(27)32-24-15-9-8-14-23(24)31(4)29(26)32/h8-10,13-18,20H,5-7,11-12H2,1-4H3/q+1. The van der Waals surface area contributed by atoms with Crippen molar-refractivity contribution in [3.63, 3.8) is 0 Å². The van der Waals surface area contributed by atoms with Crippen molar-refractivity contribution in [3.8, 4) is 0 Å². The molecular weight excluding hydrogens is 390 g/mol. The average Bonchev–Trinajstić information content (AvgIpc) is 3.12. The van der Waals surface area contributed by atoms with Crippen molar-refractivity contribution >= 4 is 38.5 Å². The molecule has 0 amide bonds. The van der Waals surface area contributed by atoms with Crippen LogP contribution in [0.15, 0.2) is 48.5 Å². The Balaban J connectivity index is 1.90. The van der Waals surface area contributed by atoms with Crippen LogP contribution in [0.4, 0.5) is 0 Å². The van der Waals surface area contributed by atoms with Crippen molar-refractivity contribution < 1.29 is 4.57 Å². The predicted molar refractivity (Wildman–Crippen MR) is 134 cm³/mol. The van der Waals surface area contributed by atoms with E-state index in [0.29, 0.717) is 11.8 Å². The van der Waals surface area contributed by atoms with Crippen LogP contribution >= 0.6 is 0 Å². The Bertz CT molecular complexity index is 1500. The average molecular weight is 423 g/mol. The molecule has 0 atom stereocenters. The number of hydrogen-bond acceptors (Lipinski definition) is 1. The third-order valence-corrected chi connectivity index (χ3v) is 7.66. The number of fused-ring (bicyclic) bond motifs is 8. The van der Waals surface area contributed by atoms with E-state index in [0.717, 1.165) is 0 Å². The van der Waals surface area contributed by atoms with Crippen LogP contribution < -0.4 is 4.57 Å². The van der Waals surface area contributed by atoms with Gasteiger partial charge in [0.2, 0.25) is 0 Å². The van der Waals surface area contributed by atoms with Gasteiger partial charge in [0.1, 0.15) is 5.52 Å². The quantitative estimate of drug-likeness (QED) is 0.220. The van der Waals surface area contributed by atoms with Crippen LogP contribution in [0.2, 0.25) is 0 Å². The maximum atomic E-state index is 5.35. The number of aromatic nitrogens is 3. The second-order valence-electron chi connectivity index (χ2n) is 10.0. The molecule has 0 radical (unpaired) electrons. The van der Waals surface area contributed by atoms with Gasteiger partial charge in [-0.05, 0) is 67.0 Å². The molecule has 0 saturated heterocycles. The van der Waals surface area contributed by atoms with Gasteiger partial charge >= 0.3 is 0 Å². The van der Waals surface area contributed by atoms with Crippen LogP contribution in [0, 0.1) is 6.92 Å². The summed E-state index contributed by atoms with van der Waals surface area (Å²) in [5.74, 6) is 1.04. The van der Waals surface area contributed by atoms with Gasteiger partial charge in [-0.25, -0.2) is 4.57 Å². The van der Waals surface area contributed by atoms with Gasteiger partial charge in [-0.1, -0.05) is 57.4 Å². The van der Waals surface area contributed by atoms with Crippen LogP contribution in [0.5, 0.6) is 0 Å². The third-order valence-electron chi connectivity index (χ3n) is 7.66. The molecule has 162 valence electrons. The largest absolute Gasteiger partial charge is 0.297 e. The van der Waals surface area contributed by atoms with E-state index in [9.17, 15) is 0 Å². The lowest BCUT2D eigenvalue weighted by Gasteiger charge is -2.23. The van der Waals surface area contributed by atoms with E-state index in [4.69, 9.17) is 4.98 Å². The Morgan fingerprint density at radius 3 is 2.47 bits per heavy atom. The van der Waals surface area contributed by atoms with E-state index in [-0.39, 0.29) is 0 Å². The molecule has 1 saturated carbocycles. The maximum absolute atomic E-state index is 5.35. The summed E-state index contributed by atoms with van der Waals surface area (Å²) in [7, 11) is 2.20. The highest BCUT2D eigenvalue weighted by molar-refractivity contribution is 6.13. The van der Waals surface area contributed by atoms with Crippen LogP contribution in [0.3, 0.4) is 0 Å². The zero-order chi connectivity index (χ0) is 22.0. The fraction of sp³-hybridized carbons (Fsp3) is 0.379. The molecule has 5 aromatic rings. The summed E-state index contributed by atoms with van der Waals surface area (Å²) in [6.07, 6.45) is 6.64. The lowest BCUT2D eigenvalue weighted by atomic mass is 9.82. The van der Waals surface area contributed by atoms with Crippen LogP contribution in [0.1, 0.15) is 74.6 Å². The minimum atomic E-state index is 0.408. The summed E-state index contributed by atoms with van der Waals surface area (Å²) < 4.78 is 4.84. The zero-order valence-corrected chi connectivity index (χ0v) is 19.7. The molecule has 1 aliphatic carbocycles. The van der Waals surface area contributed by atoms with Crippen molar-refractivity contribution in [2.45, 2.75) is 64.7 Å². The SMILES string of the molecule is Cc1cc(C(C)C)nc2c3c(C4CCCCC4)cccc3n3c4ccccc4[n+](C)c3c12. The number of hydrogen-bond donors (Lipinski definition) is 0. The summed E-state index contributed by atoms with van der Waals surface area (Å²) in [5.41, 5.74) is 10.3. The lowest BCUT2D eigenvalue weighted by molar-refractivity contribution is -0.617. The fourth-order valence-corrected chi connectivity index (χ4v) is 6.05. The summed E-state index contributed by atoms with van der Waals surface area (Å²) in [5, 5.41) is 2.66. The Kier molecular flexibility index (Phi) is 4.50. The van der Waals surface area contributed by atoms with Gasteiger partial charge in [-0.2, -0.15) is 4.40 Å². The zero-order valence-electron chi connectivity index (χ0n) is 19.7. The molecule has 3 heterocycles. The number of imidazole rings is 1. The highest BCUT2D eigenvalue weighted by Gasteiger charge is 2.28. The van der Waals surface area contributed by atoms with E-state index in [1.807, 2.05) is 0 Å². The molecule has 3 heteroatoms. The molecule has 3 nitrogen and oxygen atoms in total. The first-order valence-electron chi connectivity index (χ1n) is 12.2. The minimum Gasteiger partial charge on any atom is -0.251 e. The summed E-state index contributed by atoms with van der Waals surface area (Å²) in [6.45, 7) is 6.77. The maximum Gasteiger partial charge on any atom is 0.297 e. The second kappa shape index (κ2) is 7.30. The molecule has 0 spiro atoms. The van der Waals surface area contributed by atoms with E-state index >= 15 is 0 Å². The third kappa shape index (κ3) is 2.73. The molecule has 32 heavy (non-hydrogen) atoms. The molecule has 3 aromatic heterocycles. The first kappa shape index (κ1) is 19.7. The molecule has 0 N–H and O–H groups in total. The molecule has 1 fully saturated rings. The van der Waals surface area contributed by atoms with E-state index in [2.05, 4.69) is 85.3 Å². The van der Waals surface area contributed by atoms with Crippen molar-refractivity contribution in [3.05, 3.63) is 65.4 Å². The smallest absolute Gasteiger partial charge is 0.251 e. The number of aryl methyl sites for hydroxylation is 2. The first-order valence-corrected chi connectivity index (χ1v) is 12.2. The number of pyridine rings is 2. The van der Waals surface area contributed by atoms with Crippen LogP contribution in [-0.4, -0.2) is 9.38 Å². The summed E-state index contributed by atoms with van der Waals surface area (Å²) in [4.78, 5) is 5.35. The van der Waals surface area contributed by atoms with Gasteiger partial charge in [-0.15, -0.1) is 0 Å². The van der Waals surface area contributed by atoms with Gasteiger partial charge in [0, 0.05) is 5.69 Å². The fourth-order valence-electron chi connectivity index (χ4n) is 6.05. The van der Waals surface area contributed by atoms with Gasteiger partial charge in [0.15, 0.2) is 11.0 Å². The number of nitrogens with zero attached hydrogens (tertiary/aromatic N) is 3. The number of benzene rings is 2. The van der Waals surface area contributed by atoms with Gasteiger partial charge in [0.25, 0.3) is 5.65 Å². The van der Waals surface area contributed by atoms with Crippen LogP contribution in [-0.2, 0) is 7.05 Å². The number of rotatable bonds is 2. The minimum absolute atomic E-state index is 0.408. The van der Waals surface area contributed by atoms with Crippen molar-refractivity contribution in [1.82, 2.24) is 9.38 Å². The van der Waals surface area contributed by atoms with Crippen LogP contribution in [0.25, 0.3) is 38.5 Å². The molecular formula is C29H32N3+. The topological polar surface area (TPSA) is 21.2 Å². The summed E-state index contributed by atoms with van der Waals surface area (Å²) in [6, 6.07) is 18.0. The highest BCUT2D eigenvalue weighted by Crippen LogP contribution is 2.41. The molecule has 1 aliphatic rings. The van der Waals surface area contributed by atoms with Gasteiger partial charge in [0.05, 0.1) is 23.3 Å². The molecule has 2 aromatic carbocycles. The van der Waals surface area contributed by atoms with Gasteiger partial charge in [-0.3, -0.25) is 4.98 Å². The lowest BCUT2D eigenvalue weighted by Crippen LogP contribution is -2.27. The number of para-hydroxylation sites is 2. The van der Waals surface area contributed by atoms with Crippen molar-refractivity contribution in [2.24, 2.45) is 7.05 Å². The second-order valence-corrected chi connectivity index (χ2v) is 10.0.